The van der Waals surface area contributed by atoms with E-state index < -0.39 is 0 Å². The average Bonchev–Trinajstić information content (AvgIpc) is 2.39. The van der Waals surface area contributed by atoms with E-state index >= 15 is 0 Å². The van der Waals surface area contributed by atoms with Gasteiger partial charge in [0.15, 0.2) is 0 Å². The number of hydrogen-bond acceptors (Lipinski definition) is 3. The van der Waals surface area contributed by atoms with Crippen molar-refractivity contribution >= 4 is 0 Å². The smallest absolute Gasteiger partial charge is 0.132 e. The summed E-state index contributed by atoms with van der Waals surface area (Å²) < 4.78 is 5.70. The van der Waals surface area contributed by atoms with Crippen LogP contribution in [0.1, 0.15) is 24.7 Å². The van der Waals surface area contributed by atoms with E-state index in [0.29, 0.717) is 6.42 Å². The molecule has 1 aromatic heterocycles. The number of hydrogen-bond donors (Lipinski definition) is 0. The van der Waals surface area contributed by atoms with Crippen molar-refractivity contribution in [1.29, 1.82) is 0 Å². The highest BCUT2D eigenvalue weighted by molar-refractivity contribution is 5.35. The standard InChI is InChI=1S/C14H16N2O/c1-2-10-17-13-7-4-3-6-12(13)11-14-15-8-5-9-16-14/h3-9H,2,10-11H2,1H3. The first kappa shape index (κ1) is 11.6. The molecular formula is C14H16N2O. The van der Waals surface area contributed by atoms with Crippen molar-refractivity contribution in [2.45, 2.75) is 19.8 Å². The molecule has 0 unspecified atom stereocenters. The van der Waals surface area contributed by atoms with Crippen LogP contribution in [-0.2, 0) is 6.42 Å². The van der Waals surface area contributed by atoms with E-state index in [9.17, 15) is 0 Å². The van der Waals surface area contributed by atoms with Crippen molar-refractivity contribution in [1.82, 2.24) is 9.97 Å². The topological polar surface area (TPSA) is 35.0 Å². The molecule has 2 aromatic rings. The third kappa shape index (κ3) is 3.28. The second-order valence-electron chi connectivity index (χ2n) is 3.80. The fraction of sp³-hybridized carbons (Fsp3) is 0.286. The Balaban J connectivity index is 2.15. The predicted molar refractivity (Wildman–Crippen MR) is 67.1 cm³/mol. The number of ether oxygens (including phenoxy) is 1. The van der Waals surface area contributed by atoms with Gasteiger partial charge in [0.25, 0.3) is 0 Å². The molecule has 0 aliphatic rings. The monoisotopic (exact) mass is 228 g/mol. The second kappa shape index (κ2) is 5.99. The van der Waals surface area contributed by atoms with Crippen LogP contribution >= 0.6 is 0 Å². The minimum atomic E-state index is 0.709. The molecule has 0 N–H and O–H groups in total. The highest BCUT2D eigenvalue weighted by Crippen LogP contribution is 2.20. The Morgan fingerprint density at radius 2 is 1.82 bits per heavy atom. The molecule has 0 atom stereocenters. The zero-order valence-corrected chi connectivity index (χ0v) is 9.97. The highest BCUT2D eigenvalue weighted by atomic mass is 16.5. The Kier molecular flexibility index (Phi) is 4.08. The van der Waals surface area contributed by atoms with Gasteiger partial charge in [-0.1, -0.05) is 25.1 Å². The molecule has 0 bridgehead atoms. The lowest BCUT2D eigenvalue weighted by Gasteiger charge is -2.09. The molecule has 17 heavy (non-hydrogen) atoms. The predicted octanol–water partition coefficient (Wildman–Crippen LogP) is 2.86. The molecule has 0 aliphatic carbocycles. The van der Waals surface area contributed by atoms with E-state index in [1.165, 1.54) is 0 Å². The molecule has 0 aliphatic heterocycles. The van der Waals surface area contributed by atoms with Crippen molar-refractivity contribution < 1.29 is 4.74 Å². The van der Waals surface area contributed by atoms with E-state index in [-0.39, 0.29) is 0 Å². The van der Waals surface area contributed by atoms with Gasteiger partial charge in [0.05, 0.1) is 6.61 Å². The van der Waals surface area contributed by atoms with Crippen molar-refractivity contribution in [2.75, 3.05) is 6.61 Å². The van der Waals surface area contributed by atoms with Crippen LogP contribution in [0.25, 0.3) is 0 Å². The Hall–Kier alpha value is -1.90. The van der Waals surface area contributed by atoms with Crippen LogP contribution in [0.4, 0.5) is 0 Å². The molecule has 88 valence electrons. The van der Waals surface area contributed by atoms with Gasteiger partial charge >= 0.3 is 0 Å². The Bertz CT molecular complexity index is 457. The summed E-state index contributed by atoms with van der Waals surface area (Å²) in [5.74, 6) is 1.75. The number of nitrogens with zero attached hydrogens (tertiary/aromatic N) is 2. The first-order valence-electron chi connectivity index (χ1n) is 5.86. The molecule has 0 amide bonds. The van der Waals surface area contributed by atoms with Gasteiger partial charge in [0.2, 0.25) is 0 Å². The van der Waals surface area contributed by atoms with Gasteiger partial charge in [-0.15, -0.1) is 0 Å². The minimum Gasteiger partial charge on any atom is -0.493 e. The minimum absolute atomic E-state index is 0.709. The lowest BCUT2D eigenvalue weighted by atomic mass is 10.1. The lowest BCUT2D eigenvalue weighted by Crippen LogP contribution is -2.01. The van der Waals surface area contributed by atoms with Crippen LogP contribution in [0.2, 0.25) is 0 Å². The Morgan fingerprint density at radius 1 is 1.06 bits per heavy atom. The molecule has 3 heteroatoms. The summed E-state index contributed by atoms with van der Waals surface area (Å²) in [6.07, 6.45) is 5.24. The van der Waals surface area contributed by atoms with E-state index in [4.69, 9.17) is 4.74 Å². The van der Waals surface area contributed by atoms with Crippen molar-refractivity contribution in [3.05, 3.63) is 54.1 Å². The van der Waals surface area contributed by atoms with Crippen LogP contribution in [0.3, 0.4) is 0 Å². The molecule has 0 radical (unpaired) electrons. The quantitative estimate of drug-likeness (QED) is 0.789. The maximum Gasteiger partial charge on any atom is 0.132 e. The average molecular weight is 228 g/mol. The summed E-state index contributed by atoms with van der Waals surface area (Å²) in [4.78, 5) is 8.46. The summed E-state index contributed by atoms with van der Waals surface area (Å²) in [6.45, 7) is 2.84. The highest BCUT2D eigenvalue weighted by Gasteiger charge is 2.05. The molecule has 0 saturated heterocycles. The summed E-state index contributed by atoms with van der Waals surface area (Å²) in [5.41, 5.74) is 1.13. The van der Waals surface area contributed by atoms with Gasteiger partial charge in [-0.3, -0.25) is 0 Å². The summed E-state index contributed by atoms with van der Waals surface area (Å²) >= 11 is 0. The van der Waals surface area contributed by atoms with Crippen molar-refractivity contribution in [3.8, 4) is 5.75 Å². The molecule has 0 fully saturated rings. The zero-order valence-electron chi connectivity index (χ0n) is 9.97. The largest absolute Gasteiger partial charge is 0.493 e. The van der Waals surface area contributed by atoms with Gasteiger partial charge in [-0.05, 0) is 18.6 Å². The summed E-state index contributed by atoms with van der Waals surface area (Å²) in [5, 5.41) is 0. The van der Waals surface area contributed by atoms with Crippen LogP contribution < -0.4 is 4.74 Å². The molecule has 3 nitrogen and oxygen atoms in total. The molecule has 0 spiro atoms. The van der Waals surface area contributed by atoms with Crippen LogP contribution in [0.5, 0.6) is 5.75 Å². The van der Waals surface area contributed by atoms with Crippen LogP contribution in [-0.4, -0.2) is 16.6 Å². The molecule has 1 heterocycles. The molecule has 1 aromatic carbocycles. The van der Waals surface area contributed by atoms with E-state index in [2.05, 4.69) is 23.0 Å². The molecule has 0 saturated carbocycles. The first-order chi connectivity index (χ1) is 8.40. The first-order valence-corrected chi connectivity index (χ1v) is 5.86. The van der Waals surface area contributed by atoms with Gasteiger partial charge in [-0.2, -0.15) is 0 Å². The number of rotatable bonds is 5. The Labute approximate surface area is 102 Å². The van der Waals surface area contributed by atoms with Crippen LogP contribution in [0, 0.1) is 0 Å². The maximum atomic E-state index is 5.70. The SMILES string of the molecule is CCCOc1ccccc1Cc1ncccn1. The normalized spacial score (nSPS) is 10.2. The third-order valence-corrected chi connectivity index (χ3v) is 2.40. The zero-order chi connectivity index (χ0) is 11.9. The Morgan fingerprint density at radius 3 is 2.59 bits per heavy atom. The number of para-hydroxylation sites is 1. The third-order valence-electron chi connectivity index (χ3n) is 2.40. The van der Waals surface area contributed by atoms with E-state index in [1.54, 1.807) is 12.4 Å². The summed E-state index contributed by atoms with van der Waals surface area (Å²) in [7, 11) is 0. The number of benzene rings is 1. The molecular weight excluding hydrogens is 212 g/mol. The van der Waals surface area contributed by atoms with E-state index in [0.717, 1.165) is 30.2 Å². The second-order valence-corrected chi connectivity index (χ2v) is 3.80. The van der Waals surface area contributed by atoms with E-state index in [1.807, 2.05) is 24.3 Å². The fourth-order valence-electron chi connectivity index (χ4n) is 1.59. The van der Waals surface area contributed by atoms with Crippen LogP contribution in [0.15, 0.2) is 42.7 Å². The summed E-state index contributed by atoms with van der Waals surface area (Å²) in [6, 6.07) is 9.87. The van der Waals surface area contributed by atoms with Gasteiger partial charge in [-0.25, -0.2) is 9.97 Å². The fourth-order valence-corrected chi connectivity index (χ4v) is 1.59. The van der Waals surface area contributed by atoms with Gasteiger partial charge in [0, 0.05) is 24.4 Å². The van der Waals surface area contributed by atoms with Crippen molar-refractivity contribution in [3.63, 3.8) is 0 Å². The number of aromatic nitrogens is 2. The van der Waals surface area contributed by atoms with Gasteiger partial charge in [0.1, 0.15) is 11.6 Å². The van der Waals surface area contributed by atoms with Crippen molar-refractivity contribution in [2.24, 2.45) is 0 Å². The van der Waals surface area contributed by atoms with Gasteiger partial charge < -0.3 is 4.74 Å². The maximum absolute atomic E-state index is 5.70. The lowest BCUT2D eigenvalue weighted by molar-refractivity contribution is 0.314. The molecule has 2 rings (SSSR count).